The molecule has 10 nitrogen and oxygen atoms in total. The van der Waals surface area contributed by atoms with Crippen LogP contribution in [0.1, 0.15) is 42.9 Å². The Labute approximate surface area is 230 Å². The molecule has 2 N–H and O–H groups in total. The first kappa shape index (κ1) is 29.1. The third-order valence-corrected chi connectivity index (χ3v) is 7.52. The molecule has 41 heavy (non-hydrogen) atoms. The number of likely N-dealkylation sites (tertiary alicyclic amines) is 1. The van der Waals surface area contributed by atoms with Gasteiger partial charge in [0.15, 0.2) is 0 Å². The SMILES string of the molecule is C[C@@H](CO[C@H]1CCN([C@H]2CCN3c4ncc(C(F)(F)F)cc4COC[C@H]3C2)C1=O)Nc1cn[nH]c(=O)c1C(F)(F)F. The maximum absolute atomic E-state index is 13.3. The van der Waals surface area contributed by atoms with Crippen LogP contribution in [0.3, 0.4) is 0 Å². The van der Waals surface area contributed by atoms with Crippen LogP contribution in [0.15, 0.2) is 23.3 Å². The highest BCUT2D eigenvalue weighted by Crippen LogP contribution is 2.37. The largest absolute Gasteiger partial charge is 0.423 e. The van der Waals surface area contributed by atoms with E-state index in [-0.39, 0.29) is 37.8 Å². The zero-order chi connectivity index (χ0) is 29.5. The summed E-state index contributed by atoms with van der Waals surface area (Å²) in [6.45, 7) is 2.66. The lowest BCUT2D eigenvalue weighted by atomic mass is 9.96. The summed E-state index contributed by atoms with van der Waals surface area (Å²) in [5.41, 5.74) is -3.71. The van der Waals surface area contributed by atoms with Gasteiger partial charge in [-0.1, -0.05) is 0 Å². The first-order chi connectivity index (χ1) is 19.3. The highest BCUT2D eigenvalue weighted by Gasteiger charge is 2.42. The van der Waals surface area contributed by atoms with Crippen LogP contribution in [0.5, 0.6) is 0 Å². The number of aromatic nitrogens is 3. The lowest BCUT2D eigenvalue weighted by molar-refractivity contribution is -0.140. The van der Waals surface area contributed by atoms with Gasteiger partial charge in [-0.25, -0.2) is 10.1 Å². The number of alkyl halides is 6. The van der Waals surface area contributed by atoms with Crippen LogP contribution in [0.25, 0.3) is 0 Å². The van der Waals surface area contributed by atoms with Crippen LogP contribution in [0, 0.1) is 0 Å². The molecule has 3 aliphatic heterocycles. The van der Waals surface area contributed by atoms with Crippen molar-refractivity contribution in [1.29, 1.82) is 0 Å². The minimum atomic E-state index is -4.89. The van der Waals surface area contributed by atoms with Crippen LogP contribution in [0.2, 0.25) is 0 Å². The average Bonchev–Trinajstić information content (AvgIpc) is 3.15. The molecular formula is C25H28F6N6O4. The summed E-state index contributed by atoms with van der Waals surface area (Å²) in [6.07, 6.45) is -6.96. The number of aromatic amines is 1. The summed E-state index contributed by atoms with van der Waals surface area (Å²) in [6, 6.07) is 0.0820. The molecule has 2 fully saturated rings. The molecule has 2 aromatic rings. The van der Waals surface area contributed by atoms with Crippen molar-refractivity contribution in [1.82, 2.24) is 20.1 Å². The van der Waals surface area contributed by atoms with Crippen LogP contribution in [-0.2, 0) is 33.2 Å². The summed E-state index contributed by atoms with van der Waals surface area (Å²) in [5, 5.41) is 7.78. The molecule has 0 aromatic carbocycles. The second-order valence-electron chi connectivity index (χ2n) is 10.4. The second kappa shape index (κ2) is 11.1. The number of fused-ring (bicyclic) bond motifs is 3. The van der Waals surface area contributed by atoms with Gasteiger partial charge in [0.25, 0.3) is 11.5 Å². The number of anilines is 2. The van der Waals surface area contributed by atoms with Crippen molar-refractivity contribution in [2.24, 2.45) is 0 Å². The molecule has 0 unspecified atom stereocenters. The van der Waals surface area contributed by atoms with E-state index in [1.807, 2.05) is 4.90 Å². The van der Waals surface area contributed by atoms with Crippen LogP contribution < -0.4 is 15.8 Å². The zero-order valence-corrected chi connectivity index (χ0v) is 21.9. The predicted molar refractivity (Wildman–Crippen MR) is 132 cm³/mol. The van der Waals surface area contributed by atoms with E-state index in [1.54, 1.807) is 16.9 Å². The van der Waals surface area contributed by atoms with Gasteiger partial charge in [-0.2, -0.15) is 31.4 Å². The zero-order valence-electron chi connectivity index (χ0n) is 21.9. The molecule has 0 saturated carbocycles. The standard InChI is InChI=1S/C25H28F6N6O4/c1-13(34-18-9-33-35-22(38)20(18)25(29,30)31)10-41-19-3-5-37(23(19)39)16-2-4-36-17(7-16)12-40-11-14-6-15(24(26,27)28)8-32-21(14)36/h6,8-9,13,16-17,19H,2-5,7,10-12H2,1H3,(H2,34,35,38)/t13-,16-,17+,19-/m0/s1. The van der Waals surface area contributed by atoms with Crippen molar-refractivity contribution in [2.75, 3.05) is 36.5 Å². The molecule has 0 bridgehead atoms. The quantitative estimate of drug-likeness (QED) is 0.494. The maximum atomic E-state index is 13.3. The normalized spacial score (nSPS) is 24.1. The number of nitrogens with zero attached hydrogens (tertiary/aromatic N) is 4. The van der Waals surface area contributed by atoms with Gasteiger partial charge in [-0.3, -0.25) is 9.59 Å². The van der Waals surface area contributed by atoms with Gasteiger partial charge in [-0.15, -0.1) is 0 Å². The van der Waals surface area contributed by atoms with E-state index in [1.165, 1.54) is 0 Å². The van der Waals surface area contributed by atoms with Crippen molar-refractivity contribution in [3.63, 3.8) is 0 Å². The van der Waals surface area contributed by atoms with E-state index in [9.17, 15) is 35.9 Å². The number of halogens is 6. The summed E-state index contributed by atoms with van der Waals surface area (Å²) in [5.74, 6) is 0.228. The second-order valence-corrected chi connectivity index (χ2v) is 10.4. The first-order valence-electron chi connectivity index (χ1n) is 13.1. The minimum absolute atomic E-state index is 0.00654. The number of pyridine rings is 1. The molecule has 5 rings (SSSR count). The van der Waals surface area contributed by atoms with E-state index in [2.05, 4.69) is 15.4 Å². The molecule has 5 heterocycles. The third-order valence-electron chi connectivity index (χ3n) is 7.52. The van der Waals surface area contributed by atoms with E-state index < -0.39 is 46.9 Å². The molecule has 1 amide bonds. The molecule has 2 aromatic heterocycles. The Morgan fingerprint density at radius 1 is 1.10 bits per heavy atom. The third kappa shape index (κ3) is 6.12. The Bertz CT molecular complexity index is 1330. The van der Waals surface area contributed by atoms with Gasteiger partial charge in [0.05, 0.1) is 43.3 Å². The van der Waals surface area contributed by atoms with Gasteiger partial charge in [0.1, 0.15) is 17.5 Å². The van der Waals surface area contributed by atoms with Crippen molar-refractivity contribution >= 4 is 17.4 Å². The number of carbonyl (C=O) groups is 1. The maximum Gasteiger partial charge on any atom is 0.423 e. The summed E-state index contributed by atoms with van der Waals surface area (Å²) in [7, 11) is 0. The highest BCUT2D eigenvalue weighted by molar-refractivity contribution is 5.83. The molecule has 0 radical (unpaired) electrons. The van der Waals surface area contributed by atoms with E-state index in [4.69, 9.17) is 9.47 Å². The minimum Gasteiger partial charge on any atom is -0.378 e. The summed E-state index contributed by atoms with van der Waals surface area (Å²) >= 11 is 0. The van der Waals surface area contributed by atoms with Crippen molar-refractivity contribution in [3.05, 3.63) is 45.5 Å². The van der Waals surface area contributed by atoms with Gasteiger partial charge >= 0.3 is 12.4 Å². The molecule has 0 aliphatic carbocycles. The Morgan fingerprint density at radius 2 is 1.85 bits per heavy atom. The van der Waals surface area contributed by atoms with Gasteiger partial charge in [-0.05, 0) is 25.8 Å². The fraction of sp³-hybridized carbons (Fsp3) is 0.600. The number of piperidine rings is 1. The number of amides is 1. The van der Waals surface area contributed by atoms with Gasteiger partial charge in [0.2, 0.25) is 0 Å². The Kier molecular flexibility index (Phi) is 7.89. The molecule has 2 saturated heterocycles. The van der Waals surface area contributed by atoms with Gasteiger partial charge in [0, 0.05) is 43.4 Å². The summed E-state index contributed by atoms with van der Waals surface area (Å²) in [4.78, 5) is 32.6. The number of carbonyl (C=O) groups excluding carboxylic acids is 1. The van der Waals surface area contributed by atoms with Crippen LogP contribution in [-0.4, -0.2) is 76.5 Å². The smallest absolute Gasteiger partial charge is 0.378 e. The van der Waals surface area contributed by atoms with Crippen LogP contribution >= 0.6 is 0 Å². The highest BCUT2D eigenvalue weighted by atomic mass is 19.4. The number of hydrogen-bond donors (Lipinski definition) is 2. The number of H-pyrrole nitrogens is 1. The average molecular weight is 591 g/mol. The molecule has 16 heteroatoms. The Morgan fingerprint density at radius 3 is 2.59 bits per heavy atom. The Balaban J connectivity index is 1.18. The monoisotopic (exact) mass is 590 g/mol. The number of rotatable bonds is 6. The molecule has 3 aliphatic rings. The topological polar surface area (TPSA) is 113 Å². The number of ether oxygens (including phenoxy) is 2. The lowest BCUT2D eigenvalue weighted by Crippen LogP contribution is -2.52. The van der Waals surface area contributed by atoms with E-state index in [0.29, 0.717) is 43.7 Å². The molecule has 0 spiro atoms. The van der Waals surface area contributed by atoms with Crippen molar-refractivity contribution in [2.45, 2.75) is 69.4 Å². The fourth-order valence-electron chi connectivity index (χ4n) is 5.63. The molecule has 4 atom stereocenters. The first-order valence-corrected chi connectivity index (χ1v) is 13.1. The van der Waals surface area contributed by atoms with Crippen LogP contribution in [0.4, 0.5) is 37.8 Å². The fourth-order valence-corrected chi connectivity index (χ4v) is 5.63. The van der Waals surface area contributed by atoms with E-state index >= 15 is 0 Å². The predicted octanol–water partition coefficient (Wildman–Crippen LogP) is 3.19. The van der Waals surface area contributed by atoms with Crippen molar-refractivity contribution < 1.29 is 40.6 Å². The molecule has 224 valence electrons. The van der Waals surface area contributed by atoms with Crippen molar-refractivity contribution in [3.8, 4) is 0 Å². The lowest BCUT2D eigenvalue weighted by Gasteiger charge is -2.42. The molecular weight excluding hydrogens is 562 g/mol. The Hall–Kier alpha value is -3.40. The number of nitrogens with one attached hydrogen (secondary N) is 2. The van der Waals surface area contributed by atoms with Gasteiger partial charge < -0.3 is 24.6 Å². The summed E-state index contributed by atoms with van der Waals surface area (Å²) < 4.78 is 90.8. The number of hydrogen-bond acceptors (Lipinski definition) is 8. The van der Waals surface area contributed by atoms with E-state index in [0.717, 1.165) is 18.5 Å².